The Morgan fingerprint density at radius 1 is 1.26 bits per heavy atom. The van der Waals surface area contributed by atoms with Crippen molar-refractivity contribution < 1.29 is 28.6 Å². The molecule has 148 valence electrons. The van der Waals surface area contributed by atoms with Gasteiger partial charge >= 0.3 is 17.9 Å². The van der Waals surface area contributed by atoms with E-state index in [4.69, 9.17) is 14.2 Å². The molecular formula is C21H28O6. The van der Waals surface area contributed by atoms with Gasteiger partial charge in [0, 0.05) is 17.4 Å². The lowest BCUT2D eigenvalue weighted by atomic mass is 9.75. The summed E-state index contributed by atoms with van der Waals surface area (Å²) in [4.78, 5) is 37.0. The zero-order valence-corrected chi connectivity index (χ0v) is 16.1. The molecular weight excluding hydrogens is 348 g/mol. The second-order valence-electron chi connectivity index (χ2n) is 9.14. The van der Waals surface area contributed by atoms with Gasteiger partial charge in [-0.05, 0) is 52.4 Å². The average Bonchev–Trinajstić information content (AvgIpc) is 3.16. The summed E-state index contributed by atoms with van der Waals surface area (Å²) in [6, 6.07) is 0. The lowest BCUT2D eigenvalue weighted by Gasteiger charge is -2.37. The van der Waals surface area contributed by atoms with Crippen molar-refractivity contribution in [2.24, 2.45) is 17.3 Å². The van der Waals surface area contributed by atoms with Crippen LogP contribution in [0.5, 0.6) is 0 Å². The highest BCUT2D eigenvalue weighted by Crippen LogP contribution is 2.62. The monoisotopic (exact) mass is 376 g/mol. The fraction of sp³-hybridized carbons (Fsp3) is 0.762. The number of carbonyl (C=O) groups is 3. The van der Waals surface area contributed by atoms with Crippen molar-refractivity contribution in [1.29, 1.82) is 0 Å². The maximum absolute atomic E-state index is 12.8. The van der Waals surface area contributed by atoms with Crippen molar-refractivity contribution in [2.75, 3.05) is 0 Å². The van der Waals surface area contributed by atoms with Gasteiger partial charge in [-0.3, -0.25) is 9.59 Å². The van der Waals surface area contributed by atoms with E-state index in [9.17, 15) is 14.4 Å². The van der Waals surface area contributed by atoms with Crippen LogP contribution >= 0.6 is 0 Å². The first-order valence-corrected chi connectivity index (χ1v) is 10.0. The maximum Gasteiger partial charge on any atom is 0.333 e. The highest BCUT2D eigenvalue weighted by atomic mass is 16.6. The van der Waals surface area contributed by atoms with Crippen LogP contribution in [-0.4, -0.2) is 35.7 Å². The fourth-order valence-corrected chi connectivity index (χ4v) is 5.67. The van der Waals surface area contributed by atoms with Crippen LogP contribution in [0.1, 0.15) is 65.2 Å². The molecule has 3 aliphatic carbocycles. The Kier molecular flexibility index (Phi) is 4.35. The molecule has 1 aliphatic heterocycles. The summed E-state index contributed by atoms with van der Waals surface area (Å²) in [5.41, 5.74) is -0.873. The van der Waals surface area contributed by atoms with E-state index in [1.54, 1.807) is 6.92 Å². The summed E-state index contributed by atoms with van der Waals surface area (Å²) in [7, 11) is 0. The van der Waals surface area contributed by atoms with Crippen molar-refractivity contribution in [2.45, 2.75) is 83.0 Å². The van der Waals surface area contributed by atoms with Crippen molar-refractivity contribution >= 4 is 17.9 Å². The highest BCUT2D eigenvalue weighted by molar-refractivity contribution is 5.87. The van der Waals surface area contributed by atoms with Crippen molar-refractivity contribution in [3.8, 4) is 0 Å². The van der Waals surface area contributed by atoms with Gasteiger partial charge in [-0.15, -0.1) is 0 Å². The Morgan fingerprint density at radius 2 is 1.96 bits per heavy atom. The van der Waals surface area contributed by atoms with E-state index in [-0.39, 0.29) is 42.4 Å². The SMILES string of the molecule is C=C(C)C(=O)OC1(CC(=O)OC2C3CC4C2OC(=O)C4(C)C3)CCCCC1. The van der Waals surface area contributed by atoms with Crippen molar-refractivity contribution in [3.05, 3.63) is 12.2 Å². The topological polar surface area (TPSA) is 78.9 Å². The molecule has 4 aliphatic rings. The number of rotatable bonds is 5. The van der Waals surface area contributed by atoms with Crippen LogP contribution in [0.3, 0.4) is 0 Å². The zero-order chi connectivity index (χ0) is 19.4. The predicted octanol–water partition coefficient (Wildman–Crippen LogP) is 3.08. The van der Waals surface area contributed by atoms with Gasteiger partial charge in [-0.1, -0.05) is 13.0 Å². The molecule has 0 aromatic carbocycles. The minimum Gasteiger partial charge on any atom is -0.458 e. The molecule has 0 aromatic rings. The van der Waals surface area contributed by atoms with Crippen LogP contribution in [0.15, 0.2) is 12.2 Å². The van der Waals surface area contributed by atoms with E-state index in [2.05, 4.69) is 6.58 Å². The molecule has 27 heavy (non-hydrogen) atoms. The largest absolute Gasteiger partial charge is 0.458 e. The number of hydrogen-bond acceptors (Lipinski definition) is 6. The van der Waals surface area contributed by atoms with Gasteiger partial charge in [-0.2, -0.15) is 0 Å². The molecule has 6 nitrogen and oxygen atoms in total. The Morgan fingerprint density at radius 3 is 2.63 bits per heavy atom. The molecule has 5 atom stereocenters. The molecule has 2 bridgehead atoms. The van der Waals surface area contributed by atoms with Crippen LogP contribution in [-0.2, 0) is 28.6 Å². The summed E-state index contributed by atoms with van der Waals surface area (Å²) in [6.45, 7) is 7.21. The quantitative estimate of drug-likeness (QED) is 0.417. The fourth-order valence-electron chi connectivity index (χ4n) is 5.67. The van der Waals surface area contributed by atoms with Gasteiger partial charge in [0.2, 0.25) is 0 Å². The molecule has 4 fully saturated rings. The molecule has 0 spiro atoms. The number of carbonyl (C=O) groups excluding carboxylic acids is 3. The van der Waals surface area contributed by atoms with E-state index in [1.807, 2.05) is 6.92 Å². The number of fused-ring (bicyclic) bond motifs is 1. The molecule has 4 rings (SSSR count). The van der Waals surface area contributed by atoms with Crippen LogP contribution < -0.4 is 0 Å². The third kappa shape index (κ3) is 2.97. The lowest BCUT2D eigenvalue weighted by molar-refractivity contribution is -0.174. The van der Waals surface area contributed by atoms with Crippen LogP contribution in [0.25, 0.3) is 0 Å². The van der Waals surface area contributed by atoms with Crippen molar-refractivity contribution in [3.63, 3.8) is 0 Å². The molecule has 6 heteroatoms. The summed E-state index contributed by atoms with van der Waals surface area (Å²) in [5.74, 6) is -0.644. The van der Waals surface area contributed by atoms with E-state index >= 15 is 0 Å². The molecule has 1 heterocycles. The Bertz CT molecular complexity index is 691. The predicted molar refractivity (Wildman–Crippen MR) is 95.4 cm³/mol. The molecule has 0 N–H and O–H groups in total. The van der Waals surface area contributed by atoms with E-state index in [0.29, 0.717) is 18.4 Å². The third-order valence-corrected chi connectivity index (χ3v) is 7.11. The van der Waals surface area contributed by atoms with Crippen LogP contribution in [0, 0.1) is 17.3 Å². The van der Waals surface area contributed by atoms with E-state index in [1.165, 1.54) is 0 Å². The van der Waals surface area contributed by atoms with Gasteiger partial charge in [0.1, 0.15) is 17.8 Å². The van der Waals surface area contributed by atoms with Crippen LogP contribution in [0.4, 0.5) is 0 Å². The first kappa shape index (κ1) is 18.5. The second-order valence-corrected chi connectivity index (χ2v) is 9.14. The summed E-state index contributed by atoms with van der Waals surface area (Å²) in [6.07, 6.45) is 5.21. The van der Waals surface area contributed by atoms with E-state index in [0.717, 1.165) is 32.1 Å². The zero-order valence-electron chi connectivity index (χ0n) is 16.1. The molecule has 0 radical (unpaired) electrons. The molecule has 0 aromatic heterocycles. The van der Waals surface area contributed by atoms with Gasteiger partial charge in [0.05, 0.1) is 11.8 Å². The first-order chi connectivity index (χ1) is 12.7. The molecule has 5 unspecified atom stereocenters. The Labute approximate surface area is 159 Å². The highest BCUT2D eigenvalue weighted by Gasteiger charge is 2.69. The lowest BCUT2D eigenvalue weighted by Crippen LogP contribution is -2.43. The molecule has 3 saturated carbocycles. The van der Waals surface area contributed by atoms with Crippen LogP contribution in [0.2, 0.25) is 0 Å². The maximum atomic E-state index is 12.8. The molecule has 0 amide bonds. The normalized spacial score (nSPS) is 38.4. The average molecular weight is 376 g/mol. The van der Waals surface area contributed by atoms with Gasteiger partial charge < -0.3 is 14.2 Å². The number of esters is 3. The van der Waals surface area contributed by atoms with E-state index < -0.39 is 17.0 Å². The second kappa shape index (κ2) is 6.35. The van der Waals surface area contributed by atoms with Gasteiger partial charge in [0.25, 0.3) is 0 Å². The summed E-state index contributed by atoms with van der Waals surface area (Å²) in [5, 5.41) is 0. The summed E-state index contributed by atoms with van der Waals surface area (Å²) < 4.78 is 17.1. The Hall–Kier alpha value is -1.85. The number of ether oxygens (including phenoxy) is 3. The van der Waals surface area contributed by atoms with Crippen molar-refractivity contribution in [1.82, 2.24) is 0 Å². The summed E-state index contributed by atoms with van der Waals surface area (Å²) >= 11 is 0. The molecule has 1 saturated heterocycles. The van der Waals surface area contributed by atoms with Gasteiger partial charge in [0.15, 0.2) is 0 Å². The standard InChI is InChI=1S/C21H28O6/c1-12(2)18(23)27-21(7-5-4-6-8-21)11-15(22)25-16-13-9-14-17(16)26-19(24)20(14,3)10-13/h13-14,16-17H,1,4-11H2,2-3H3. The van der Waals surface area contributed by atoms with Gasteiger partial charge in [-0.25, -0.2) is 4.79 Å². The smallest absolute Gasteiger partial charge is 0.333 e. The minimum absolute atomic E-state index is 0.0534. The first-order valence-electron chi connectivity index (χ1n) is 10.0. The third-order valence-electron chi connectivity index (χ3n) is 7.11. The number of hydrogen-bond donors (Lipinski definition) is 0. The minimum atomic E-state index is -0.802. The Balaban J connectivity index is 1.43.